The molecule has 0 spiro atoms. The third-order valence-corrected chi connectivity index (χ3v) is 2.28. The van der Waals surface area contributed by atoms with Crippen LogP contribution in [0.3, 0.4) is 0 Å². The molecular weight excluding hydrogens is 130 g/mol. The summed E-state index contributed by atoms with van der Waals surface area (Å²) in [5, 5.41) is 3.42. The second-order valence-electron chi connectivity index (χ2n) is 2.06. The first-order valence-corrected chi connectivity index (χ1v) is 3.93. The van der Waals surface area contributed by atoms with Gasteiger partial charge in [0.25, 0.3) is 0 Å². The van der Waals surface area contributed by atoms with Crippen molar-refractivity contribution in [1.29, 1.82) is 0 Å². The molecule has 2 rings (SSSR count). The fourth-order valence-corrected chi connectivity index (χ4v) is 1.78. The van der Waals surface area contributed by atoms with Crippen molar-refractivity contribution < 1.29 is 0 Å². The molecule has 2 heteroatoms. The van der Waals surface area contributed by atoms with Gasteiger partial charge < -0.3 is 0 Å². The Hall–Kier alpha value is -0.630. The van der Waals surface area contributed by atoms with Gasteiger partial charge in [-0.05, 0) is 17.9 Å². The van der Waals surface area contributed by atoms with Crippen molar-refractivity contribution in [3.05, 3.63) is 21.3 Å². The van der Waals surface area contributed by atoms with Crippen molar-refractivity contribution in [2.24, 2.45) is 4.99 Å². The van der Waals surface area contributed by atoms with Gasteiger partial charge in [0.05, 0.1) is 0 Å². The van der Waals surface area contributed by atoms with Crippen LogP contribution in [-0.2, 0) is 0 Å². The van der Waals surface area contributed by atoms with E-state index < -0.39 is 0 Å². The monoisotopic (exact) mass is 137 g/mol. The zero-order valence-corrected chi connectivity index (χ0v) is 5.82. The topological polar surface area (TPSA) is 12.4 Å². The van der Waals surface area contributed by atoms with E-state index in [4.69, 9.17) is 0 Å². The quantitative estimate of drug-likeness (QED) is 0.495. The summed E-state index contributed by atoms with van der Waals surface area (Å²) in [5.41, 5.74) is 0. The van der Waals surface area contributed by atoms with Crippen LogP contribution in [0.2, 0.25) is 0 Å². The Morgan fingerprint density at radius 3 is 3.44 bits per heavy atom. The molecule has 1 aromatic heterocycles. The van der Waals surface area contributed by atoms with Crippen LogP contribution >= 0.6 is 11.3 Å². The standard InChI is InChI=1S/C7H7NS/c1-2-6-3-5-9-7(6)8-4-1/h2-3,5H,1,4H2. The number of hydrogen-bond donors (Lipinski definition) is 0. The van der Waals surface area contributed by atoms with Crippen LogP contribution in [0.4, 0.5) is 0 Å². The second-order valence-corrected chi connectivity index (χ2v) is 2.95. The molecule has 0 unspecified atom stereocenters. The molecule has 1 aromatic rings. The van der Waals surface area contributed by atoms with E-state index >= 15 is 0 Å². The Morgan fingerprint density at radius 1 is 1.56 bits per heavy atom. The van der Waals surface area contributed by atoms with E-state index in [9.17, 15) is 0 Å². The summed E-state index contributed by atoms with van der Waals surface area (Å²) in [4.78, 5) is 4.34. The predicted octanol–water partition coefficient (Wildman–Crippen LogP) is 0.552. The molecular formula is C7H7NS. The number of nitrogens with zero attached hydrogens (tertiary/aromatic N) is 1. The minimum Gasteiger partial charge on any atom is -0.274 e. The fraction of sp³-hybridized carbons (Fsp3) is 0.286. The van der Waals surface area contributed by atoms with Crippen molar-refractivity contribution in [2.45, 2.75) is 6.42 Å². The molecule has 46 valence electrons. The van der Waals surface area contributed by atoms with E-state index in [1.807, 2.05) is 0 Å². The van der Waals surface area contributed by atoms with Crippen LogP contribution in [0.25, 0.3) is 6.08 Å². The highest BCUT2D eigenvalue weighted by atomic mass is 32.1. The largest absolute Gasteiger partial charge is 0.274 e. The van der Waals surface area contributed by atoms with Crippen molar-refractivity contribution in [1.82, 2.24) is 0 Å². The van der Waals surface area contributed by atoms with Crippen LogP contribution in [0.5, 0.6) is 0 Å². The second kappa shape index (κ2) is 1.95. The van der Waals surface area contributed by atoms with Gasteiger partial charge in [-0.25, -0.2) is 0 Å². The lowest BCUT2D eigenvalue weighted by molar-refractivity contribution is 0.979. The van der Waals surface area contributed by atoms with Gasteiger partial charge in [-0.2, -0.15) is 0 Å². The lowest BCUT2D eigenvalue weighted by atomic mass is 10.3. The molecule has 0 radical (unpaired) electrons. The Bertz CT molecular complexity index is 279. The first-order chi connectivity index (χ1) is 4.47. The predicted molar refractivity (Wildman–Crippen MR) is 39.0 cm³/mol. The Kier molecular flexibility index (Phi) is 1.12. The molecule has 0 aliphatic carbocycles. The summed E-state index contributed by atoms with van der Waals surface area (Å²) in [7, 11) is 0. The molecule has 0 N–H and O–H groups in total. The average molecular weight is 137 g/mol. The van der Waals surface area contributed by atoms with Crippen molar-refractivity contribution in [2.75, 3.05) is 6.54 Å². The van der Waals surface area contributed by atoms with E-state index in [2.05, 4.69) is 22.5 Å². The molecule has 0 fully saturated rings. The molecule has 0 amide bonds. The van der Waals surface area contributed by atoms with E-state index in [-0.39, 0.29) is 0 Å². The van der Waals surface area contributed by atoms with Crippen LogP contribution < -0.4 is 9.89 Å². The molecule has 9 heavy (non-hydrogen) atoms. The summed E-state index contributed by atoms with van der Waals surface area (Å²) >= 11 is 1.73. The molecule has 0 saturated carbocycles. The molecule has 2 heterocycles. The van der Waals surface area contributed by atoms with Gasteiger partial charge in [-0.1, -0.05) is 6.08 Å². The Morgan fingerprint density at radius 2 is 2.56 bits per heavy atom. The van der Waals surface area contributed by atoms with Gasteiger partial charge in [0.1, 0.15) is 4.67 Å². The maximum atomic E-state index is 4.34. The summed E-state index contributed by atoms with van der Waals surface area (Å²) in [6.07, 6.45) is 3.36. The molecule has 0 aromatic carbocycles. The van der Waals surface area contributed by atoms with Crippen LogP contribution in [0, 0.1) is 0 Å². The van der Waals surface area contributed by atoms with Crippen molar-refractivity contribution >= 4 is 17.4 Å². The zero-order chi connectivity index (χ0) is 6.10. The average Bonchev–Trinajstić information content (AvgIpc) is 2.33. The van der Waals surface area contributed by atoms with Crippen LogP contribution in [-0.4, -0.2) is 6.54 Å². The molecule has 1 aliphatic heterocycles. The van der Waals surface area contributed by atoms with Crippen molar-refractivity contribution in [3.8, 4) is 0 Å². The van der Waals surface area contributed by atoms with E-state index in [0.717, 1.165) is 13.0 Å². The summed E-state index contributed by atoms with van der Waals surface area (Å²) < 4.78 is 1.21. The minimum atomic E-state index is 0.980. The molecule has 1 aliphatic rings. The highest BCUT2D eigenvalue weighted by Crippen LogP contribution is 1.89. The third-order valence-electron chi connectivity index (χ3n) is 1.42. The zero-order valence-electron chi connectivity index (χ0n) is 5.00. The lowest BCUT2D eigenvalue weighted by Gasteiger charge is -1.90. The first-order valence-electron chi connectivity index (χ1n) is 3.05. The summed E-state index contributed by atoms with van der Waals surface area (Å²) in [6, 6.07) is 2.13. The summed E-state index contributed by atoms with van der Waals surface area (Å²) in [5.74, 6) is 0. The fourth-order valence-electron chi connectivity index (χ4n) is 0.981. The third kappa shape index (κ3) is 0.793. The first kappa shape index (κ1) is 5.18. The lowest BCUT2D eigenvalue weighted by Crippen LogP contribution is -2.21. The highest BCUT2D eigenvalue weighted by Gasteiger charge is 1.92. The number of rotatable bonds is 0. The van der Waals surface area contributed by atoms with E-state index in [1.165, 1.54) is 9.89 Å². The molecule has 0 atom stereocenters. The maximum Gasteiger partial charge on any atom is 0.117 e. The van der Waals surface area contributed by atoms with Gasteiger partial charge in [0, 0.05) is 11.8 Å². The van der Waals surface area contributed by atoms with Gasteiger partial charge >= 0.3 is 0 Å². The highest BCUT2D eigenvalue weighted by molar-refractivity contribution is 7.07. The van der Waals surface area contributed by atoms with E-state index in [1.54, 1.807) is 11.3 Å². The van der Waals surface area contributed by atoms with E-state index in [0.29, 0.717) is 0 Å². The van der Waals surface area contributed by atoms with Gasteiger partial charge in [-0.3, -0.25) is 4.99 Å². The van der Waals surface area contributed by atoms with Crippen molar-refractivity contribution in [3.63, 3.8) is 0 Å². The van der Waals surface area contributed by atoms with Crippen LogP contribution in [0.15, 0.2) is 16.4 Å². The van der Waals surface area contributed by atoms with Crippen LogP contribution in [0.1, 0.15) is 6.42 Å². The Balaban J connectivity index is 2.89. The molecule has 0 bridgehead atoms. The van der Waals surface area contributed by atoms with Gasteiger partial charge in [0.2, 0.25) is 0 Å². The Labute approximate surface area is 57.4 Å². The number of thiophene rings is 1. The number of fused-ring (bicyclic) bond motifs is 1. The van der Waals surface area contributed by atoms with Gasteiger partial charge in [0.15, 0.2) is 0 Å². The SMILES string of the molecule is C1=c2ccsc2=NCC1. The minimum absolute atomic E-state index is 0.980. The normalized spacial score (nSPS) is 15.6. The molecule has 1 nitrogen and oxygen atoms in total. The summed E-state index contributed by atoms with van der Waals surface area (Å²) in [6.45, 7) is 0.980. The number of hydrogen-bond acceptors (Lipinski definition) is 2. The smallest absolute Gasteiger partial charge is 0.117 e. The molecule has 0 saturated heterocycles. The maximum absolute atomic E-state index is 4.34. The van der Waals surface area contributed by atoms with Gasteiger partial charge in [-0.15, -0.1) is 11.3 Å².